The molecule has 2 aromatic rings. The normalized spacial score (nSPS) is 12.4. The summed E-state index contributed by atoms with van der Waals surface area (Å²) in [7, 11) is 1.93. The molecule has 0 saturated carbocycles. The number of hydrogen-bond acceptors (Lipinski definition) is 3. The van der Waals surface area contributed by atoms with E-state index in [0.29, 0.717) is 6.61 Å². The Hall–Kier alpha value is -0.780. The van der Waals surface area contributed by atoms with Gasteiger partial charge in [0, 0.05) is 5.56 Å². The van der Waals surface area contributed by atoms with Gasteiger partial charge < -0.3 is 14.5 Å². The minimum atomic E-state index is 0.0695. The molecule has 1 aromatic heterocycles. The second kappa shape index (κ2) is 6.59. The van der Waals surface area contributed by atoms with Crippen LogP contribution in [-0.2, 0) is 0 Å². The highest BCUT2D eigenvalue weighted by Gasteiger charge is 2.18. The molecule has 0 spiro atoms. The molecular weight excluding hydrogens is 374 g/mol. The Morgan fingerprint density at radius 2 is 2.11 bits per heavy atom. The fourth-order valence-electron chi connectivity index (χ4n) is 1.98. The lowest BCUT2D eigenvalue weighted by Crippen LogP contribution is -2.17. The average Bonchev–Trinajstić information content (AvgIpc) is 2.80. The number of furan rings is 1. The standard InChI is InChI=1S/C14H15Br2NO2/c1-3-18-12-5-4-9(8-11(12)15)13(17-2)10-6-7-19-14(10)16/h4-8,13,17H,3H2,1-2H3. The Balaban J connectivity index is 2.34. The maximum atomic E-state index is 5.52. The van der Waals surface area contributed by atoms with Gasteiger partial charge >= 0.3 is 0 Å². The van der Waals surface area contributed by atoms with Crippen LogP contribution in [0.2, 0.25) is 0 Å². The summed E-state index contributed by atoms with van der Waals surface area (Å²) in [6.07, 6.45) is 1.67. The Labute approximate surface area is 129 Å². The fraction of sp³-hybridized carbons (Fsp3) is 0.286. The van der Waals surface area contributed by atoms with E-state index in [1.807, 2.05) is 26.1 Å². The van der Waals surface area contributed by atoms with Crippen LogP contribution in [0, 0.1) is 0 Å². The number of halogens is 2. The number of hydrogen-bond donors (Lipinski definition) is 1. The predicted molar refractivity (Wildman–Crippen MR) is 82.6 cm³/mol. The quantitative estimate of drug-likeness (QED) is 0.817. The van der Waals surface area contributed by atoms with E-state index in [1.54, 1.807) is 6.26 Å². The Morgan fingerprint density at radius 3 is 2.63 bits per heavy atom. The molecule has 1 aromatic carbocycles. The van der Waals surface area contributed by atoms with Gasteiger partial charge in [-0.1, -0.05) is 6.07 Å². The van der Waals surface area contributed by atoms with Gasteiger partial charge in [-0.2, -0.15) is 0 Å². The zero-order valence-corrected chi connectivity index (χ0v) is 13.9. The van der Waals surface area contributed by atoms with Gasteiger partial charge in [0.05, 0.1) is 23.4 Å². The molecule has 0 radical (unpaired) electrons. The zero-order valence-electron chi connectivity index (χ0n) is 10.7. The van der Waals surface area contributed by atoms with Crippen LogP contribution in [-0.4, -0.2) is 13.7 Å². The van der Waals surface area contributed by atoms with Crippen molar-refractivity contribution in [2.24, 2.45) is 0 Å². The van der Waals surface area contributed by atoms with E-state index in [1.165, 1.54) is 0 Å². The summed E-state index contributed by atoms with van der Waals surface area (Å²) in [5.41, 5.74) is 2.21. The van der Waals surface area contributed by atoms with E-state index in [-0.39, 0.29) is 6.04 Å². The second-order valence-corrected chi connectivity index (χ2v) is 5.57. The summed E-state index contributed by atoms with van der Waals surface area (Å²) in [6, 6.07) is 8.11. The van der Waals surface area contributed by atoms with Crippen molar-refractivity contribution in [3.05, 3.63) is 50.8 Å². The molecule has 0 fully saturated rings. The van der Waals surface area contributed by atoms with Crippen LogP contribution in [0.25, 0.3) is 0 Å². The van der Waals surface area contributed by atoms with Crippen molar-refractivity contribution in [3.8, 4) is 5.75 Å². The average molecular weight is 389 g/mol. The first-order valence-corrected chi connectivity index (χ1v) is 7.58. The third-order valence-corrected chi connectivity index (χ3v) is 4.10. The van der Waals surface area contributed by atoms with Gasteiger partial charge in [-0.3, -0.25) is 0 Å². The first kappa shape index (κ1) is 14.6. The smallest absolute Gasteiger partial charge is 0.174 e. The molecule has 102 valence electrons. The molecule has 3 nitrogen and oxygen atoms in total. The van der Waals surface area contributed by atoms with Gasteiger partial charge in [0.1, 0.15) is 5.75 Å². The molecule has 0 saturated heterocycles. The summed E-state index contributed by atoms with van der Waals surface area (Å²) in [5, 5.41) is 3.29. The van der Waals surface area contributed by atoms with Gasteiger partial charge in [-0.05, 0) is 69.6 Å². The lowest BCUT2D eigenvalue weighted by atomic mass is 10.0. The molecule has 5 heteroatoms. The topological polar surface area (TPSA) is 34.4 Å². The largest absolute Gasteiger partial charge is 0.493 e. The highest BCUT2D eigenvalue weighted by molar-refractivity contribution is 9.10. The molecule has 19 heavy (non-hydrogen) atoms. The monoisotopic (exact) mass is 387 g/mol. The predicted octanol–water partition coefficient (Wildman–Crippen LogP) is 4.51. The molecular formula is C14H15Br2NO2. The number of nitrogens with one attached hydrogen (secondary N) is 1. The van der Waals surface area contributed by atoms with E-state index >= 15 is 0 Å². The van der Waals surface area contributed by atoms with E-state index in [9.17, 15) is 0 Å². The molecule has 1 N–H and O–H groups in total. The Bertz CT molecular complexity index is 554. The van der Waals surface area contributed by atoms with Gasteiger partial charge in [0.25, 0.3) is 0 Å². The first-order chi connectivity index (χ1) is 9.17. The van der Waals surface area contributed by atoms with Crippen LogP contribution in [0.4, 0.5) is 0 Å². The lowest BCUT2D eigenvalue weighted by molar-refractivity contribution is 0.338. The Kier molecular flexibility index (Phi) is 5.07. The summed E-state index contributed by atoms with van der Waals surface area (Å²) >= 11 is 6.96. The molecule has 0 amide bonds. The molecule has 1 atom stereocenters. The van der Waals surface area contributed by atoms with Gasteiger partial charge in [0.15, 0.2) is 4.67 Å². The van der Waals surface area contributed by atoms with Crippen molar-refractivity contribution in [2.45, 2.75) is 13.0 Å². The van der Waals surface area contributed by atoms with Crippen LogP contribution in [0.3, 0.4) is 0 Å². The number of benzene rings is 1. The lowest BCUT2D eigenvalue weighted by Gasteiger charge is -2.17. The molecule has 0 bridgehead atoms. The van der Waals surface area contributed by atoms with Crippen molar-refractivity contribution in [1.29, 1.82) is 0 Å². The van der Waals surface area contributed by atoms with Crippen LogP contribution >= 0.6 is 31.9 Å². The van der Waals surface area contributed by atoms with Crippen molar-refractivity contribution >= 4 is 31.9 Å². The first-order valence-electron chi connectivity index (χ1n) is 5.99. The highest BCUT2D eigenvalue weighted by Crippen LogP contribution is 2.33. The van der Waals surface area contributed by atoms with Crippen LogP contribution in [0.15, 0.2) is 44.1 Å². The number of rotatable bonds is 5. The molecule has 2 rings (SSSR count). The van der Waals surface area contributed by atoms with E-state index in [2.05, 4.69) is 49.3 Å². The third-order valence-electron chi connectivity index (χ3n) is 2.83. The van der Waals surface area contributed by atoms with Crippen molar-refractivity contribution in [2.75, 3.05) is 13.7 Å². The SMILES string of the molecule is CCOc1ccc(C(NC)c2ccoc2Br)cc1Br. The summed E-state index contributed by atoms with van der Waals surface area (Å²) in [4.78, 5) is 0. The fourth-order valence-corrected chi connectivity index (χ4v) is 2.96. The highest BCUT2D eigenvalue weighted by atomic mass is 79.9. The minimum Gasteiger partial charge on any atom is -0.493 e. The summed E-state index contributed by atoms with van der Waals surface area (Å²) < 4.78 is 12.5. The molecule has 1 unspecified atom stereocenters. The van der Waals surface area contributed by atoms with E-state index < -0.39 is 0 Å². The van der Waals surface area contributed by atoms with Crippen molar-refractivity contribution < 1.29 is 9.15 Å². The maximum absolute atomic E-state index is 5.52. The van der Waals surface area contributed by atoms with E-state index in [0.717, 1.165) is 26.0 Å². The maximum Gasteiger partial charge on any atom is 0.174 e. The molecule has 0 aliphatic rings. The summed E-state index contributed by atoms with van der Waals surface area (Å²) in [6.45, 7) is 2.63. The molecule has 0 aliphatic heterocycles. The molecule has 1 heterocycles. The Morgan fingerprint density at radius 1 is 1.32 bits per heavy atom. The van der Waals surface area contributed by atoms with Crippen LogP contribution < -0.4 is 10.1 Å². The van der Waals surface area contributed by atoms with Gasteiger partial charge in [-0.15, -0.1) is 0 Å². The molecule has 0 aliphatic carbocycles. The van der Waals surface area contributed by atoms with Crippen molar-refractivity contribution in [3.63, 3.8) is 0 Å². The van der Waals surface area contributed by atoms with Gasteiger partial charge in [-0.25, -0.2) is 0 Å². The second-order valence-electron chi connectivity index (χ2n) is 3.99. The third kappa shape index (κ3) is 3.22. The van der Waals surface area contributed by atoms with Crippen molar-refractivity contribution in [1.82, 2.24) is 5.32 Å². The minimum absolute atomic E-state index is 0.0695. The number of ether oxygens (including phenoxy) is 1. The van der Waals surface area contributed by atoms with Crippen LogP contribution in [0.5, 0.6) is 5.75 Å². The zero-order chi connectivity index (χ0) is 13.8. The van der Waals surface area contributed by atoms with Gasteiger partial charge in [0.2, 0.25) is 0 Å². The summed E-state index contributed by atoms with van der Waals surface area (Å²) in [5.74, 6) is 0.854. The van der Waals surface area contributed by atoms with E-state index in [4.69, 9.17) is 9.15 Å². The van der Waals surface area contributed by atoms with Crippen LogP contribution in [0.1, 0.15) is 24.1 Å².